The molecule has 0 aromatic heterocycles. The van der Waals surface area contributed by atoms with Crippen molar-refractivity contribution in [2.24, 2.45) is 0 Å². The molecule has 7 heteroatoms. The summed E-state index contributed by atoms with van der Waals surface area (Å²) >= 11 is 0. The van der Waals surface area contributed by atoms with Crippen molar-refractivity contribution in [3.63, 3.8) is 0 Å². The number of aryl methyl sites for hydroxylation is 2. The van der Waals surface area contributed by atoms with E-state index in [1.807, 2.05) is 19.9 Å². The van der Waals surface area contributed by atoms with Gasteiger partial charge in [-0.1, -0.05) is 18.2 Å². The lowest BCUT2D eigenvalue weighted by atomic mass is 10.1. The zero-order valence-electron chi connectivity index (χ0n) is 17.6. The molecule has 2 N–H and O–H groups in total. The molecule has 1 heterocycles. The molecule has 3 aromatic rings. The Balaban J connectivity index is 1.64. The van der Waals surface area contributed by atoms with Crippen LogP contribution in [-0.2, 0) is 4.79 Å². The lowest BCUT2D eigenvalue weighted by Crippen LogP contribution is -2.30. The van der Waals surface area contributed by atoms with Crippen LogP contribution in [0.2, 0.25) is 0 Å². The Labute approximate surface area is 184 Å². The quantitative estimate of drug-likeness (QED) is 0.579. The fourth-order valence-corrected chi connectivity index (χ4v) is 3.17. The smallest absolute Gasteiger partial charge is 0.272 e. The van der Waals surface area contributed by atoms with Gasteiger partial charge >= 0.3 is 0 Å². The zero-order valence-corrected chi connectivity index (χ0v) is 17.6. The molecule has 3 aromatic carbocycles. The topological polar surface area (TPSA) is 76.7 Å². The maximum absolute atomic E-state index is 13.5. The predicted molar refractivity (Wildman–Crippen MR) is 119 cm³/mol. The third-order valence-electron chi connectivity index (χ3n) is 5.05. The van der Waals surface area contributed by atoms with Gasteiger partial charge in [-0.05, 0) is 79.1 Å². The molecule has 0 saturated carbocycles. The summed E-state index contributed by atoms with van der Waals surface area (Å²) in [4.78, 5) is 25.8. The molecule has 4 rings (SSSR count). The summed E-state index contributed by atoms with van der Waals surface area (Å²) in [6.45, 7) is 3.99. The van der Waals surface area contributed by atoms with Crippen LogP contribution in [-0.4, -0.2) is 18.6 Å². The first kappa shape index (κ1) is 21.1. The number of amides is 2. The molecular weight excluding hydrogens is 411 g/mol. The standard InChI is InChI=1S/C25H21FN2O4/c1-15-6-8-18(10-16(15)2)24(29)28-21(25(30)27-20-5-3-4-19(26)13-20)11-17-7-9-22-23(12-17)32-14-31-22/h3-13H,14H2,1-2H3,(H,27,30)(H,28,29)/b21-11+. The zero-order chi connectivity index (χ0) is 22.7. The highest BCUT2D eigenvalue weighted by Gasteiger charge is 2.18. The Hall–Kier alpha value is -4.13. The summed E-state index contributed by atoms with van der Waals surface area (Å²) in [6, 6.07) is 16.0. The largest absolute Gasteiger partial charge is 0.454 e. The monoisotopic (exact) mass is 432 g/mol. The van der Waals surface area contributed by atoms with Crippen molar-refractivity contribution in [3.8, 4) is 11.5 Å². The van der Waals surface area contributed by atoms with Crippen LogP contribution in [0.15, 0.2) is 66.4 Å². The van der Waals surface area contributed by atoms with Crippen molar-refractivity contribution in [3.05, 3.63) is 94.4 Å². The van der Waals surface area contributed by atoms with E-state index >= 15 is 0 Å². The Morgan fingerprint density at radius 2 is 1.75 bits per heavy atom. The van der Waals surface area contributed by atoms with Crippen molar-refractivity contribution in [2.45, 2.75) is 13.8 Å². The molecule has 0 radical (unpaired) electrons. The minimum absolute atomic E-state index is 0.00338. The summed E-state index contributed by atoms with van der Waals surface area (Å²) in [5.74, 6) is -0.362. The van der Waals surface area contributed by atoms with Crippen LogP contribution < -0.4 is 20.1 Å². The summed E-state index contributed by atoms with van der Waals surface area (Å²) in [5, 5.41) is 5.29. The third-order valence-corrected chi connectivity index (χ3v) is 5.05. The summed E-state index contributed by atoms with van der Waals surface area (Å²) in [6.07, 6.45) is 1.52. The van der Waals surface area contributed by atoms with Gasteiger partial charge in [0, 0.05) is 11.3 Å². The molecule has 1 aliphatic rings. The molecule has 32 heavy (non-hydrogen) atoms. The van der Waals surface area contributed by atoms with E-state index in [0.29, 0.717) is 22.6 Å². The molecule has 0 saturated heterocycles. The summed E-state index contributed by atoms with van der Waals surface area (Å²) < 4.78 is 24.2. The van der Waals surface area contributed by atoms with Crippen LogP contribution in [0.3, 0.4) is 0 Å². The normalized spacial score (nSPS) is 12.4. The van der Waals surface area contributed by atoms with Crippen LogP contribution in [0.1, 0.15) is 27.0 Å². The highest BCUT2D eigenvalue weighted by molar-refractivity contribution is 6.10. The lowest BCUT2D eigenvalue weighted by Gasteiger charge is -2.12. The van der Waals surface area contributed by atoms with Crippen LogP contribution >= 0.6 is 0 Å². The van der Waals surface area contributed by atoms with Gasteiger partial charge in [0.05, 0.1) is 0 Å². The van der Waals surface area contributed by atoms with E-state index in [4.69, 9.17) is 9.47 Å². The number of carbonyl (C=O) groups is 2. The highest BCUT2D eigenvalue weighted by atomic mass is 19.1. The molecule has 0 fully saturated rings. The fourth-order valence-electron chi connectivity index (χ4n) is 3.17. The molecule has 0 unspecified atom stereocenters. The molecule has 0 spiro atoms. The Bertz CT molecular complexity index is 1240. The second kappa shape index (κ2) is 8.93. The van der Waals surface area contributed by atoms with Gasteiger partial charge in [0.2, 0.25) is 6.79 Å². The first-order valence-electron chi connectivity index (χ1n) is 9.96. The summed E-state index contributed by atoms with van der Waals surface area (Å²) in [7, 11) is 0. The van der Waals surface area contributed by atoms with E-state index in [0.717, 1.165) is 11.1 Å². The van der Waals surface area contributed by atoms with Gasteiger partial charge in [-0.15, -0.1) is 0 Å². The maximum atomic E-state index is 13.5. The van der Waals surface area contributed by atoms with E-state index in [2.05, 4.69) is 10.6 Å². The Kier molecular flexibility index (Phi) is 5.89. The number of halogens is 1. The average molecular weight is 432 g/mol. The highest BCUT2D eigenvalue weighted by Crippen LogP contribution is 2.33. The van der Waals surface area contributed by atoms with Gasteiger partial charge in [0.25, 0.3) is 11.8 Å². The van der Waals surface area contributed by atoms with Crippen molar-refractivity contribution in [1.82, 2.24) is 5.32 Å². The number of fused-ring (bicyclic) bond motifs is 1. The number of anilines is 1. The van der Waals surface area contributed by atoms with Gasteiger partial charge < -0.3 is 20.1 Å². The van der Waals surface area contributed by atoms with Crippen molar-refractivity contribution in [2.75, 3.05) is 12.1 Å². The minimum atomic E-state index is -0.592. The second-order valence-electron chi connectivity index (χ2n) is 7.39. The fraction of sp³-hybridized carbons (Fsp3) is 0.120. The van der Waals surface area contributed by atoms with Gasteiger partial charge in [0.1, 0.15) is 11.5 Å². The number of nitrogens with one attached hydrogen (secondary N) is 2. The summed E-state index contributed by atoms with van der Waals surface area (Å²) in [5.41, 5.74) is 3.33. The number of rotatable bonds is 5. The number of benzene rings is 3. The van der Waals surface area contributed by atoms with Gasteiger partial charge in [-0.2, -0.15) is 0 Å². The van der Waals surface area contributed by atoms with Crippen LogP contribution in [0.25, 0.3) is 6.08 Å². The van der Waals surface area contributed by atoms with Crippen LogP contribution in [0.4, 0.5) is 10.1 Å². The van der Waals surface area contributed by atoms with Crippen LogP contribution in [0, 0.1) is 19.7 Å². The van der Waals surface area contributed by atoms with Crippen molar-refractivity contribution in [1.29, 1.82) is 0 Å². The Morgan fingerprint density at radius 1 is 0.938 bits per heavy atom. The lowest BCUT2D eigenvalue weighted by molar-refractivity contribution is -0.113. The number of ether oxygens (including phenoxy) is 2. The van der Waals surface area contributed by atoms with E-state index < -0.39 is 17.6 Å². The number of hydrogen-bond acceptors (Lipinski definition) is 4. The van der Waals surface area contributed by atoms with Gasteiger partial charge in [0.15, 0.2) is 11.5 Å². The van der Waals surface area contributed by atoms with Gasteiger partial charge in [-0.3, -0.25) is 9.59 Å². The second-order valence-corrected chi connectivity index (χ2v) is 7.39. The molecule has 2 amide bonds. The first-order chi connectivity index (χ1) is 15.4. The minimum Gasteiger partial charge on any atom is -0.454 e. The maximum Gasteiger partial charge on any atom is 0.272 e. The van der Waals surface area contributed by atoms with Crippen LogP contribution in [0.5, 0.6) is 11.5 Å². The first-order valence-corrected chi connectivity index (χ1v) is 9.96. The SMILES string of the molecule is Cc1ccc(C(=O)N/C(=C/c2ccc3c(c2)OCO3)C(=O)Nc2cccc(F)c2)cc1C. The number of carbonyl (C=O) groups excluding carboxylic acids is 2. The Morgan fingerprint density at radius 3 is 2.53 bits per heavy atom. The van der Waals surface area contributed by atoms with E-state index in [1.165, 1.54) is 24.3 Å². The van der Waals surface area contributed by atoms with Gasteiger partial charge in [-0.25, -0.2) is 4.39 Å². The molecule has 0 atom stereocenters. The molecular formula is C25H21FN2O4. The van der Waals surface area contributed by atoms with E-state index in [9.17, 15) is 14.0 Å². The number of hydrogen-bond donors (Lipinski definition) is 2. The van der Waals surface area contributed by atoms with E-state index in [1.54, 1.807) is 36.4 Å². The molecule has 0 bridgehead atoms. The van der Waals surface area contributed by atoms with E-state index in [-0.39, 0.29) is 18.2 Å². The molecule has 0 aliphatic carbocycles. The average Bonchev–Trinajstić information content (AvgIpc) is 3.23. The molecule has 162 valence electrons. The molecule has 6 nitrogen and oxygen atoms in total. The predicted octanol–water partition coefficient (Wildman–Crippen LogP) is 4.58. The van der Waals surface area contributed by atoms with Crippen molar-refractivity contribution < 1.29 is 23.5 Å². The van der Waals surface area contributed by atoms with Crippen molar-refractivity contribution >= 4 is 23.6 Å². The third kappa shape index (κ3) is 4.78. The molecule has 1 aliphatic heterocycles.